The molecule has 0 saturated carbocycles. The minimum atomic E-state index is -0.264. The number of benzene rings is 1. The van der Waals surface area contributed by atoms with Crippen molar-refractivity contribution in [1.29, 1.82) is 5.26 Å². The van der Waals surface area contributed by atoms with Crippen LogP contribution in [0, 0.1) is 11.3 Å². The number of carbonyl (C=O) groups is 1. The monoisotopic (exact) mass is 468 g/mol. The van der Waals surface area contributed by atoms with Gasteiger partial charge in [-0.15, -0.1) is 11.3 Å². The Balaban J connectivity index is 1.67. The number of hydrogen-bond acceptors (Lipinski definition) is 4. The van der Waals surface area contributed by atoms with Crippen LogP contribution in [0.15, 0.2) is 27.1 Å². The van der Waals surface area contributed by atoms with Gasteiger partial charge in [-0.25, -0.2) is 0 Å². The molecule has 0 radical (unpaired) electrons. The number of ether oxygens (including phenoxy) is 1. The van der Waals surface area contributed by atoms with E-state index in [0.717, 1.165) is 40.2 Å². The van der Waals surface area contributed by atoms with Crippen LogP contribution < -0.4 is 10.1 Å². The molecule has 1 aromatic carbocycles. The lowest BCUT2D eigenvalue weighted by molar-refractivity contribution is -0.118. The summed E-state index contributed by atoms with van der Waals surface area (Å²) in [5.41, 5.74) is 1.73. The van der Waals surface area contributed by atoms with Gasteiger partial charge < -0.3 is 10.1 Å². The van der Waals surface area contributed by atoms with Gasteiger partial charge in [0.15, 0.2) is 6.61 Å². The van der Waals surface area contributed by atoms with Gasteiger partial charge in [-0.2, -0.15) is 5.26 Å². The van der Waals surface area contributed by atoms with Crippen molar-refractivity contribution in [3.8, 4) is 11.8 Å². The molecule has 0 atom stereocenters. The van der Waals surface area contributed by atoms with E-state index in [1.54, 1.807) is 6.07 Å². The summed E-state index contributed by atoms with van der Waals surface area (Å²) in [5, 5.41) is 12.9. The summed E-state index contributed by atoms with van der Waals surface area (Å²) in [5.74, 6) is 0.333. The second-order valence-electron chi connectivity index (χ2n) is 5.44. The number of hydrogen-bond donors (Lipinski definition) is 1. The molecule has 0 fully saturated rings. The molecule has 0 unspecified atom stereocenters. The average molecular weight is 470 g/mol. The summed E-state index contributed by atoms with van der Waals surface area (Å²) in [6.07, 6.45) is 4.17. The van der Waals surface area contributed by atoms with Crippen molar-refractivity contribution < 1.29 is 9.53 Å². The lowest BCUT2D eigenvalue weighted by Crippen LogP contribution is -2.20. The Labute approximate surface area is 161 Å². The fraction of sp³-hybridized carbons (Fsp3) is 0.294. The van der Waals surface area contributed by atoms with Gasteiger partial charge in [-0.05, 0) is 65.4 Å². The van der Waals surface area contributed by atoms with E-state index in [0.29, 0.717) is 16.3 Å². The fourth-order valence-corrected chi connectivity index (χ4v) is 5.09. The molecule has 4 nitrogen and oxygen atoms in total. The summed E-state index contributed by atoms with van der Waals surface area (Å²) in [6.45, 7) is -0.104. The molecule has 1 heterocycles. The number of thiophene rings is 1. The highest BCUT2D eigenvalue weighted by atomic mass is 79.9. The predicted octanol–water partition coefficient (Wildman–Crippen LogP) is 5.04. The second kappa shape index (κ2) is 7.68. The minimum Gasteiger partial charge on any atom is -0.483 e. The van der Waals surface area contributed by atoms with Crippen LogP contribution in [0.1, 0.15) is 28.8 Å². The van der Waals surface area contributed by atoms with Gasteiger partial charge in [0.05, 0.1) is 10.0 Å². The summed E-state index contributed by atoms with van der Waals surface area (Å²) in [7, 11) is 0. The number of carbonyl (C=O) groups excluding carboxylic acids is 1. The Hall–Kier alpha value is -1.36. The quantitative estimate of drug-likeness (QED) is 0.682. The number of amides is 1. The van der Waals surface area contributed by atoms with E-state index in [2.05, 4.69) is 43.2 Å². The average Bonchev–Trinajstić information content (AvgIpc) is 2.90. The van der Waals surface area contributed by atoms with Gasteiger partial charge in [0.1, 0.15) is 16.8 Å². The fourth-order valence-electron chi connectivity index (χ4n) is 2.67. The molecule has 1 aromatic heterocycles. The lowest BCUT2D eigenvalue weighted by atomic mass is 9.96. The number of nitriles is 1. The highest BCUT2D eigenvalue weighted by Crippen LogP contribution is 2.37. The van der Waals surface area contributed by atoms with Crippen molar-refractivity contribution in [1.82, 2.24) is 0 Å². The Morgan fingerprint density at radius 1 is 1.33 bits per heavy atom. The van der Waals surface area contributed by atoms with Gasteiger partial charge in [0.25, 0.3) is 5.91 Å². The van der Waals surface area contributed by atoms with Gasteiger partial charge >= 0.3 is 0 Å². The first-order valence-electron chi connectivity index (χ1n) is 7.51. The largest absolute Gasteiger partial charge is 0.483 e. The van der Waals surface area contributed by atoms with Crippen LogP contribution >= 0.6 is 43.2 Å². The molecular formula is C17H14Br2N2O2S. The van der Waals surface area contributed by atoms with Crippen LogP contribution in [0.2, 0.25) is 0 Å². The second-order valence-corrected chi connectivity index (χ2v) is 8.31. The SMILES string of the molecule is N#Cc1c(NC(=O)COc2ccc(Br)cc2Br)sc2c1CCCC2. The predicted molar refractivity (Wildman–Crippen MR) is 102 cm³/mol. The summed E-state index contributed by atoms with van der Waals surface area (Å²) in [4.78, 5) is 13.4. The zero-order valence-corrected chi connectivity index (χ0v) is 16.7. The molecule has 0 saturated heterocycles. The first-order chi connectivity index (χ1) is 11.6. The third kappa shape index (κ3) is 3.82. The number of anilines is 1. The first kappa shape index (κ1) is 17.5. The molecule has 1 N–H and O–H groups in total. The molecule has 2 aromatic rings. The van der Waals surface area contributed by atoms with Crippen LogP contribution in [-0.4, -0.2) is 12.5 Å². The zero-order chi connectivity index (χ0) is 17.1. The highest BCUT2D eigenvalue weighted by Gasteiger charge is 2.21. The van der Waals surface area contributed by atoms with Crippen molar-refractivity contribution in [2.24, 2.45) is 0 Å². The van der Waals surface area contributed by atoms with E-state index < -0.39 is 0 Å². The van der Waals surface area contributed by atoms with Crippen molar-refractivity contribution in [3.05, 3.63) is 43.1 Å². The Morgan fingerprint density at radius 3 is 2.88 bits per heavy atom. The number of nitrogens with one attached hydrogen (secondary N) is 1. The van der Waals surface area contributed by atoms with Gasteiger partial charge in [0.2, 0.25) is 0 Å². The van der Waals surface area contributed by atoms with Crippen LogP contribution in [0.5, 0.6) is 5.75 Å². The number of halogens is 2. The molecule has 0 spiro atoms. The Bertz CT molecular complexity index is 827. The number of aryl methyl sites for hydroxylation is 1. The van der Waals surface area contributed by atoms with Gasteiger partial charge in [-0.3, -0.25) is 4.79 Å². The van der Waals surface area contributed by atoms with Crippen molar-refractivity contribution in [2.75, 3.05) is 11.9 Å². The van der Waals surface area contributed by atoms with Crippen LogP contribution in [0.25, 0.3) is 0 Å². The van der Waals surface area contributed by atoms with E-state index in [-0.39, 0.29) is 12.5 Å². The summed E-state index contributed by atoms with van der Waals surface area (Å²) in [6, 6.07) is 7.73. The topological polar surface area (TPSA) is 62.1 Å². The van der Waals surface area contributed by atoms with Crippen molar-refractivity contribution in [3.63, 3.8) is 0 Å². The number of rotatable bonds is 4. The molecule has 124 valence electrons. The Kier molecular flexibility index (Phi) is 5.59. The molecule has 1 aliphatic carbocycles. The van der Waals surface area contributed by atoms with Crippen LogP contribution in [0.3, 0.4) is 0 Å². The maximum absolute atomic E-state index is 12.2. The maximum Gasteiger partial charge on any atom is 0.262 e. The third-order valence-corrected chi connectivity index (χ3v) is 6.11. The van der Waals surface area contributed by atoms with Crippen LogP contribution in [0.4, 0.5) is 5.00 Å². The van der Waals surface area contributed by atoms with Gasteiger partial charge in [0, 0.05) is 9.35 Å². The molecule has 3 rings (SSSR count). The number of nitrogens with zero attached hydrogens (tertiary/aromatic N) is 1. The normalized spacial score (nSPS) is 13.0. The molecule has 1 aliphatic rings. The summed E-state index contributed by atoms with van der Waals surface area (Å²) < 4.78 is 7.24. The van der Waals surface area contributed by atoms with E-state index in [4.69, 9.17) is 4.74 Å². The van der Waals surface area contributed by atoms with E-state index in [1.165, 1.54) is 16.2 Å². The highest BCUT2D eigenvalue weighted by molar-refractivity contribution is 9.11. The molecule has 1 amide bonds. The maximum atomic E-state index is 12.2. The first-order valence-corrected chi connectivity index (χ1v) is 9.91. The smallest absolute Gasteiger partial charge is 0.262 e. The standard InChI is InChI=1S/C17H14Br2N2O2S/c18-10-5-6-14(13(19)7-10)23-9-16(22)21-17-12(8-20)11-3-1-2-4-15(11)24-17/h5-7H,1-4,9H2,(H,21,22). The van der Waals surface area contributed by atoms with Crippen LogP contribution in [-0.2, 0) is 17.6 Å². The molecule has 0 aliphatic heterocycles. The molecule has 24 heavy (non-hydrogen) atoms. The lowest BCUT2D eigenvalue weighted by Gasteiger charge is -2.09. The van der Waals surface area contributed by atoms with E-state index >= 15 is 0 Å². The molecule has 7 heteroatoms. The van der Waals surface area contributed by atoms with Crippen molar-refractivity contribution in [2.45, 2.75) is 25.7 Å². The number of fused-ring (bicyclic) bond motifs is 1. The molecular weight excluding hydrogens is 456 g/mol. The molecule has 0 bridgehead atoms. The van der Waals surface area contributed by atoms with E-state index in [9.17, 15) is 10.1 Å². The zero-order valence-electron chi connectivity index (χ0n) is 12.7. The Morgan fingerprint density at radius 2 is 2.12 bits per heavy atom. The van der Waals surface area contributed by atoms with Gasteiger partial charge in [-0.1, -0.05) is 15.9 Å². The van der Waals surface area contributed by atoms with E-state index in [1.807, 2.05) is 12.1 Å². The third-order valence-electron chi connectivity index (χ3n) is 3.79. The summed E-state index contributed by atoms with van der Waals surface area (Å²) >= 11 is 8.28. The minimum absolute atomic E-state index is 0.104. The van der Waals surface area contributed by atoms with Crippen molar-refractivity contribution >= 4 is 54.1 Å².